The predicted molar refractivity (Wildman–Crippen MR) is 134 cm³/mol. The van der Waals surface area contributed by atoms with Gasteiger partial charge in [0.1, 0.15) is 0 Å². The van der Waals surface area contributed by atoms with E-state index in [-0.39, 0.29) is 0 Å². The first kappa shape index (κ1) is 23.0. The highest BCUT2D eigenvalue weighted by Gasteiger charge is 2.40. The van der Waals surface area contributed by atoms with Crippen LogP contribution in [0.4, 0.5) is 0 Å². The fourth-order valence-corrected chi connectivity index (χ4v) is 6.25. The van der Waals surface area contributed by atoms with Crippen molar-refractivity contribution in [2.75, 3.05) is 48.1 Å². The van der Waals surface area contributed by atoms with Crippen molar-refractivity contribution in [1.29, 1.82) is 0 Å². The van der Waals surface area contributed by atoms with Crippen LogP contribution in [0.3, 0.4) is 0 Å². The van der Waals surface area contributed by atoms with Gasteiger partial charge in [0.05, 0.1) is 28.4 Å². The van der Waals surface area contributed by atoms with Crippen molar-refractivity contribution in [3.05, 3.63) is 46.5 Å². The van der Waals surface area contributed by atoms with Crippen LogP contribution >= 0.6 is 0 Å². The Hall–Kier alpha value is -2.73. The molecular weight excluding hydrogens is 428 g/mol. The van der Waals surface area contributed by atoms with Crippen molar-refractivity contribution in [2.24, 2.45) is 16.8 Å². The molecule has 0 aliphatic carbocycles. The number of piperidine rings is 1. The molecule has 6 heteroatoms. The van der Waals surface area contributed by atoms with Gasteiger partial charge in [0.2, 0.25) is 0 Å². The number of aliphatic imine (C=N–C) groups is 1. The number of rotatable bonds is 6. The summed E-state index contributed by atoms with van der Waals surface area (Å²) in [6, 6.07) is 9.05. The number of nitrogens with zero attached hydrogens (tertiary/aromatic N) is 2. The van der Waals surface area contributed by atoms with Gasteiger partial charge < -0.3 is 18.9 Å². The average molecular weight is 465 g/mol. The van der Waals surface area contributed by atoms with Gasteiger partial charge in [-0.15, -0.1) is 0 Å². The second-order valence-corrected chi connectivity index (χ2v) is 9.69. The first-order valence-corrected chi connectivity index (χ1v) is 12.3. The predicted octanol–water partition coefficient (Wildman–Crippen LogP) is 4.71. The summed E-state index contributed by atoms with van der Waals surface area (Å²) in [7, 11) is 6.83. The molecule has 2 aromatic rings. The van der Waals surface area contributed by atoms with Gasteiger partial charge in [0.15, 0.2) is 23.0 Å². The van der Waals surface area contributed by atoms with E-state index in [4.69, 9.17) is 23.9 Å². The van der Waals surface area contributed by atoms with E-state index in [1.54, 1.807) is 28.4 Å². The van der Waals surface area contributed by atoms with E-state index in [9.17, 15) is 0 Å². The van der Waals surface area contributed by atoms with Crippen molar-refractivity contribution >= 4 is 5.71 Å². The number of ether oxygens (including phenoxy) is 4. The standard InChI is InChI=1S/C28H36N2O4/c1-17-18(12-23-21-15-26(33-4)24(31-2)13-19(21)6-9-29-23)7-10-30-11-8-20-14-25(32-3)27(34-5)16-22(20)28(17)30/h13-18,28H,6-12H2,1-5H3/t17-,18-,28-/m0/s1. The van der Waals surface area contributed by atoms with Crippen molar-refractivity contribution < 1.29 is 18.9 Å². The Kier molecular flexibility index (Phi) is 6.43. The van der Waals surface area contributed by atoms with Crippen LogP contribution < -0.4 is 18.9 Å². The molecule has 2 aromatic carbocycles. The minimum Gasteiger partial charge on any atom is -0.493 e. The van der Waals surface area contributed by atoms with Crippen LogP contribution in [-0.4, -0.2) is 58.7 Å². The number of fused-ring (bicyclic) bond motifs is 4. The van der Waals surface area contributed by atoms with E-state index in [1.165, 1.54) is 34.4 Å². The molecule has 0 spiro atoms. The van der Waals surface area contributed by atoms with E-state index >= 15 is 0 Å². The second kappa shape index (κ2) is 9.49. The minimum absolute atomic E-state index is 0.399. The van der Waals surface area contributed by atoms with Gasteiger partial charge >= 0.3 is 0 Å². The van der Waals surface area contributed by atoms with Crippen LogP contribution in [-0.2, 0) is 12.8 Å². The van der Waals surface area contributed by atoms with Crippen molar-refractivity contribution in [3.63, 3.8) is 0 Å². The van der Waals surface area contributed by atoms with Crippen molar-refractivity contribution in [1.82, 2.24) is 4.90 Å². The molecule has 1 saturated heterocycles. The Labute approximate surface area is 202 Å². The molecule has 3 heterocycles. The first-order valence-electron chi connectivity index (χ1n) is 12.3. The first-order chi connectivity index (χ1) is 16.6. The zero-order chi connectivity index (χ0) is 23.8. The van der Waals surface area contributed by atoms with Crippen LogP contribution in [0.2, 0.25) is 0 Å². The molecule has 0 aromatic heterocycles. The summed E-state index contributed by atoms with van der Waals surface area (Å²) in [5, 5.41) is 0. The average Bonchev–Trinajstić information content (AvgIpc) is 2.88. The van der Waals surface area contributed by atoms with Gasteiger partial charge in [-0.05, 0) is 85.0 Å². The van der Waals surface area contributed by atoms with E-state index in [0.717, 1.165) is 61.9 Å². The molecule has 0 saturated carbocycles. The summed E-state index contributed by atoms with van der Waals surface area (Å²) in [6.45, 7) is 5.49. The lowest BCUT2D eigenvalue weighted by Crippen LogP contribution is -2.46. The monoisotopic (exact) mass is 464 g/mol. The molecule has 0 amide bonds. The molecule has 1 fully saturated rings. The Morgan fingerprint density at radius 2 is 1.47 bits per heavy atom. The summed E-state index contributed by atoms with van der Waals surface area (Å²) in [6.07, 6.45) is 4.20. The molecule has 5 rings (SSSR count). The highest BCUT2D eigenvalue weighted by molar-refractivity contribution is 6.03. The Bertz CT molecular complexity index is 1100. The topological polar surface area (TPSA) is 52.5 Å². The van der Waals surface area contributed by atoms with Crippen LogP contribution in [0.5, 0.6) is 23.0 Å². The molecule has 3 aliphatic rings. The molecule has 6 nitrogen and oxygen atoms in total. The van der Waals surface area contributed by atoms with Gasteiger partial charge in [-0.3, -0.25) is 9.89 Å². The highest BCUT2D eigenvalue weighted by atomic mass is 16.5. The summed E-state index contributed by atoms with van der Waals surface area (Å²) in [5.74, 6) is 4.31. The molecule has 0 N–H and O–H groups in total. The summed E-state index contributed by atoms with van der Waals surface area (Å²) >= 11 is 0. The van der Waals surface area contributed by atoms with Crippen LogP contribution in [0, 0.1) is 11.8 Å². The highest BCUT2D eigenvalue weighted by Crippen LogP contribution is 2.47. The van der Waals surface area contributed by atoms with Gasteiger partial charge in [-0.2, -0.15) is 0 Å². The van der Waals surface area contributed by atoms with Crippen molar-refractivity contribution in [3.8, 4) is 23.0 Å². The van der Waals surface area contributed by atoms with E-state index in [1.807, 2.05) is 0 Å². The van der Waals surface area contributed by atoms with E-state index in [0.29, 0.717) is 17.9 Å². The smallest absolute Gasteiger partial charge is 0.161 e. The molecule has 3 atom stereocenters. The van der Waals surface area contributed by atoms with Crippen molar-refractivity contribution in [2.45, 2.75) is 38.6 Å². The normalized spacial score (nSPS) is 23.8. The number of methoxy groups -OCH3 is 4. The number of hydrogen-bond donors (Lipinski definition) is 0. The third-order valence-corrected chi connectivity index (χ3v) is 8.11. The molecular formula is C28H36N2O4. The zero-order valence-corrected chi connectivity index (χ0v) is 21.0. The maximum absolute atomic E-state index is 5.66. The summed E-state index contributed by atoms with van der Waals surface area (Å²) in [5.41, 5.74) is 6.56. The maximum Gasteiger partial charge on any atom is 0.161 e. The lowest BCUT2D eigenvalue weighted by Gasteiger charge is -2.48. The van der Waals surface area contributed by atoms with E-state index < -0.39 is 0 Å². The van der Waals surface area contributed by atoms with Gasteiger partial charge in [-0.25, -0.2) is 0 Å². The Morgan fingerprint density at radius 3 is 2.18 bits per heavy atom. The van der Waals surface area contributed by atoms with Crippen LogP contribution in [0.25, 0.3) is 0 Å². The minimum atomic E-state index is 0.399. The SMILES string of the molecule is COc1cc2c(cc1OC)C(C[C@@H]1CCN3CCc4cc(OC)c(OC)cc4[C@@H]3[C@H]1C)=NCC2. The lowest BCUT2D eigenvalue weighted by molar-refractivity contribution is 0.0512. The Morgan fingerprint density at radius 1 is 0.824 bits per heavy atom. The number of hydrogen-bond acceptors (Lipinski definition) is 6. The van der Waals surface area contributed by atoms with Crippen LogP contribution in [0.1, 0.15) is 48.1 Å². The zero-order valence-electron chi connectivity index (χ0n) is 21.0. The quantitative estimate of drug-likeness (QED) is 0.620. The molecule has 0 unspecified atom stereocenters. The second-order valence-electron chi connectivity index (χ2n) is 9.69. The fourth-order valence-electron chi connectivity index (χ4n) is 6.25. The molecule has 34 heavy (non-hydrogen) atoms. The van der Waals surface area contributed by atoms with Gasteiger partial charge in [0.25, 0.3) is 0 Å². The maximum atomic E-state index is 5.66. The summed E-state index contributed by atoms with van der Waals surface area (Å²) in [4.78, 5) is 7.67. The van der Waals surface area contributed by atoms with Crippen LogP contribution in [0.15, 0.2) is 29.3 Å². The van der Waals surface area contributed by atoms with E-state index in [2.05, 4.69) is 36.1 Å². The third-order valence-electron chi connectivity index (χ3n) is 8.11. The Balaban J connectivity index is 1.43. The summed E-state index contributed by atoms with van der Waals surface area (Å²) < 4.78 is 22.4. The molecule has 0 bridgehead atoms. The third kappa shape index (κ3) is 3.92. The number of benzene rings is 2. The van der Waals surface area contributed by atoms with Gasteiger partial charge in [0, 0.05) is 30.4 Å². The van der Waals surface area contributed by atoms with Gasteiger partial charge in [-0.1, -0.05) is 6.92 Å². The largest absolute Gasteiger partial charge is 0.493 e. The molecule has 0 radical (unpaired) electrons. The lowest BCUT2D eigenvalue weighted by atomic mass is 9.72. The molecule has 3 aliphatic heterocycles. The molecule has 182 valence electrons. The fraction of sp³-hybridized carbons (Fsp3) is 0.536.